The van der Waals surface area contributed by atoms with Crippen LogP contribution in [-0.4, -0.2) is 13.1 Å². The third-order valence-electron chi connectivity index (χ3n) is 3.27. The van der Waals surface area contributed by atoms with E-state index in [1.54, 1.807) is 0 Å². The van der Waals surface area contributed by atoms with E-state index < -0.39 is 0 Å². The summed E-state index contributed by atoms with van der Waals surface area (Å²) < 4.78 is 0. The topological polar surface area (TPSA) is 3.24 Å². The Labute approximate surface area is 111 Å². The molecule has 96 valence electrons. The van der Waals surface area contributed by atoms with Crippen LogP contribution in [0.1, 0.15) is 38.3 Å². The van der Waals surface area contributed by atoms with Crippen molar-refractivity contribution < 1.29 is 0 Å². The van der Waals surface area contributed by atoms with Crippen LogP contribution in [-0.2, 0) is 5.88 Å². The minimum Gasteiger partial charge on any atom is -0.372 e. The van der Waals surface area contributed by atoms with Crippen molar-refractivity contribution in [3.8, 4) is 0 Å². The van der Waals surface area contributed by atoms with Gasteiger partial charge in [-0.1, -0.05) is 26.0 Å². The fourth-order valence-electron chi connectivity index (χ4n) is 2.27. The molecule has 0 N–H and O–H groups in total. The van der Waals surface area contributed by atoms with E-state index in [2.05, 4.69) is 57.8 Å². The number of anilines is 1. The lowest BCUT2D eigenvalue weighted by Crippen LogP contribution is -2.30. The smallest absolute Gasteiger partial charge is 0.0474 e. The molecule has 0 saturated carbocycles. The molecular formula is C15H24ClN. The largest absolute Gasteiger partial charge is 0.372 e. The first kappa shape index (κ1) is 14.4. The second-order valence-corrected chi connectivity index (χ2v) is 5.61. The zero-order valence-electron chi connectivity index (χ0n) is 11.6. The van der Waals surface area contributed by atoms with Gasteiger partial charge in [-0.05, 0) is 43.4 Å². The number of hydrogen-bond donors (Lipinski definition) is 0. The molecule has 0 aliphatic rings. The monoisotopic (exact) mass is 253 g/mol. The number of nitrogens with zero attached hydrogens (tertiary/aromatic N) is 1. The molecule has 2 heteroatoms. The first-order valence-corrected chi connectivity index (χ1v) is 6.87. The summed E-state index contributed by atoms with van der Waals surface area (Å²) in [7, 11) is 2.18. The van der Waals surface area contributed by atoms with Gasteiger partial charge in [-0.2, -0.15) is 0 Å². The maximum absolute atomic E-state index is 5.85. The molecule has 1 rings (SSSR count). The summed E-state index contributed by atoms with van der Waals surface area (Å²) in [6, 6.07) is 7.05. The van der Waals surface area contributed by atoms with E-state index in [0.717, 1.165) is 5.92 Å². The third kappa shape index (κ3) is 3.92. The van der Waals surface area contributed by atoms with Gasteiger partial charge in [0.15, 0.2) is 0 Å². The van der Waals surface area contributed by atoms with Gasteiger partial charge in [0.05, 0.1) is 0 Å². The fourth-order valence-corrected chi connectivity index (χ4v) is 2.44. The average molecular weight is 254 g/mol. The number of benzene rings is 1. The van der Waals surface area contributed by atoms with Crippen LogP contribution in [0.3, 0.4) is 0 Å². The van der Waals surface area contributed by atoms with Gasteiger partial charge >= 0.3 is 0 Å². The van der Waals surface area contributed by atoms with Gasteiger partial charge in [0.2, 0.25) is 0 Å². The Morgan fingerprint density at radius 2 is 1.88 bits per heavy atom. The SMILES string of the molecule is Cc1cc(CCl)ccc1N(C)C(C)CC(C)C. The molecule has 0 saturated heterocycles. The maximum atomic E-state index is 5.85. The molecule has 1 nitrogen and oxygen atoms in total. The molecule has 1 unspecified atom stereocenters. The van der Waals surface area contributed by atoms with E-state index in [1.807, 2.05) is 0 Å². The molecule has 0 aliphatic heterocycles. The lowest BCUT2D eigenvalue weighted by Gasteiger charge is -2.30. The standard InChI is InChI=1S/C15H24ClN/c1-11(2)8-13(4)17(5)15-7-6-14(10-16)9-12(15)3/h6-7,9,11,13H,8,10H2,1-5H3. The minimum atomic E-state index is 0.565. The second kappa shape index (κ2) is 6.30. The highest BCUT2D eigenvalue weighted by Crippen LogP contribution is 2.24. The number of hydrogen-bond acceptors (Lipinski definition) is 1. The predicted molar refractivity (Wildman–Crippen MR) is 78.1 cm³/mol. The summed E-state index contributed by atoms with van der Waals surface area (Å²) in [5.41, 5.74) is 3.81. The van der Waals surface area contributed by atoms with Gasteiger partial charge in [0.1, 0.15) is 0 Å². The molecule has 1 aromatic rings. The summed E-state index contributed by atoms with van der Waals surface area (Å²) in [5, 5.41) is 0. The van der Waals surface area contributed by atoms with Gasteiger partial charge in [-0.25, -0.2) is 0 Å². The van der Waals surface area contributed by atoms with Crippen LogP contribution in [0.2, 0.25) is 0 Å². The van der Waals surface area contributed by atoms with Crippen molar-refractivity contribution in [2.75, 3.05) is 11.9 Å². The van der Waals surface area contributed by atoms with Crippen LogP contribution in [0.4, 0.5) is 5.69 Å². The molecule has 0 amide bonds. The van der Waals surface area contributed by atoms with Crippen LogP contribution < -0.4 is 4.90 Å². The van der Waals surface area contributed by atoms with Crippen LogP contribution in [0.5, 0.6) is 0 Å². The molecule has 1 atom stereocenters. The molecule has 0 bridgehead atoms. The van der Waals surface area contributed by atoms with E-state index in [4.69, 9.17) is 11.6 Å². The van der Waals surface area contributed by atoms with Crippen molar-refractivity contribution in [3.63, 3.8) is 0 Å². The van der Waals surface area contributed by atoms with Gasteiger partial charge in [-0.3, -0.25) is 0 Å². The lowest BCUT2D eigenvalue weighted by molar-refractivity contribution is 0.504. The Kier molecular flexibility index (Phi) is 5.32. The minimum absolute atomic E-state index is 0.565. The van der Waals surface area contributed by atoms with Crippen LogP contribution in [0.25, 0.3) is 0 Å². The molecular weight excluding hydrogens is 230 g/mol. The molecule has 1 aromatic carbocycles. The summed E-state index contributed by atoms with van der Waals surface area (Å²) in [6.45, 7) is 8.99. The van der Waals surface area contributed by atoms with E-state index in [0.29, 0.717) is 11.9 Å². The zero-order valence-corrected chi connectivity index (χ0v) is 12.4. The fraction of sp³-hybridized carbons (Fsp3) is 0.600. The van der Waals surface area contributed by atoms with Crippen molar-refractivity contribution in [3.05, 3.63) is 29.3 Å². The predicted octanol–water partition coefficient (Wildman–Crippen LogP) is 4.60. The van der Waals surface area contributed by atoms with Crippen molar-refractivity contribution in [1.82, 2.24) is 0 Å². The molecule has 0 spiro atoms. The Morgan fingerprint density at radius 1 is 1.24 bits per heavy atom. The zero-order chi connectivity index (χ0) is 13.0. The van der Waals surface area contributed by atoms with E-state index >= 15 is 0 Å². The molecule has 0 radical (unpaired) electrons. The Bertz CT molecular complexity index is 360. The van der Waals surface area contributed by atoms with Crippen molar-refractivity contribution >= 4 is 17.3 Å². The highest BCUT2D eigenvalue weighted by atomic mass is 35.5. The molecule has 0 heterocycles. The van der Waals surface area contributed by atoms with E-state index in [9.17, 15) is 0 Å². The Hall–Kier alpha value is -0.690. The number of alkyl halides is 1. The molecule has 0 fully saturated rings. The van der Waals surface area contributed by atoms with Crippen LogP contribution in [0, 0.1) is 12.8 Å². The summed E-state index contributed by atoms with van der Waals surface area (Å²) in [4.78, 5) is 2.37. The average Bonchev–Trinajstić information content (AvgIpc) is 2.27. The highest BCUT2D eigenvalue weighted by molar-refractivity contribution is 6.17. The van der Waals surface area contributed by atoms with Crippen LogP contribution in [0.15, 0.2) is 18.2 Å². The molecule has 0 aliphatic carbocycles. The third-order valence-corrected chi connectivity index (χ3v) is 3.58. The highest BCUT2D eigenvalue weighted by Gasteiger charge is 2.13. The number of aryl methyl sites for hydroxylation is 1. The number of rotatable bonds is 5. The van der Waals surface area contributed by atoms with E-state index in [1.165, 1.54) is 23.2 Å². The van der Waals surface area contributed by atoms with Gasteiger partial charge in [0.25, 0.3) is 0 Å². The van der Waals surface area contributed by atoms with Crippen molar-refractivity contribution in [2.45, 2.75) is 46.0 Å². The lowest BCUT2D eigenvalue weighted by atomic mass is 10.0. The Balaban J connectivity index is 2.84. The second-order valence-electron chi connectivity index (χ2n) is 5.34. The van der Waals surface area contributed by atoms with Crippen molar-refractivity contribution in [2.24, 2.45) is 5.92 Å². The molecule has 0 aromatic heterocycles. The number of halogens is 1. The maximum Gasteiger partial charge on any atom is 0.0474 e. The van der Waals surface area contributed by atoms with Gasteiger partial charge in [-0.15, -0.1) is 11.6 Å². The van der Waals surface area contributed by atoms with Crippen molar-refractivity contribution in [1.29, 1.82) is 0 Å². The molecule has 17 heavy (non-hydrogen) atoms. The Morgan fingerprint density at radius 3 is 2.35 bits per heavy atom. The van der Waals surface area contributed by atoms with Gasteiger partial charge < -0.3 is 4.90 Å². The first-order chi connectivity index (χ1) is 7.95. The van der Waals surface area contributed by atoms with Crippen LogP contribution >= 0.6 is 11.6 Å². The quantitative estimate of drug-likeness (QED) is 0.693. The van der Waals surface area contributed by atoms with Gasteiger partial charge in [0, 0.05) is 24.7 Å². The summed E-state index contributed by atoms with van der Waals surface area (Å²) in [6.07, 6.45) is 1.22. The normalized spacial score (nSPS) is 12.9. The summed E-state index contributed by atoms with van der Waals surface area (Å²) in [5.74, 6) is 1.32. The summed E-state index contributed by atoms with van der Waals surface area (Å²) >= 11 is 5.85. The van der Waals surface area contributed by atoms with E-state index in [-0.39, 0.29) is 0 Å². The first-order valence-electron chi connectivity index (χ1n) is 6.34.